The predicted molar refractivity (Wildman–Crippen MR) is 43.8 cm³/mol. The third kappa shape index (κ3) is 0.749. The summed E-state index contributed by atoms with van der Waals surface area (Å²) in [7, 11) is 0. The van der Waals surface area contributed by atoms with Gasteiger partial charge in [0, 0.05) is 0 Å². The maximum absolute atomic E-state index is 2.42. The fraction of sp³-hybridized carbons (Fsp3) is 0.600. The fourth-order valence-corrected chi connectivity index (χ4v) is 2.03. The van der Waals surface area contributed by atoms with E-state index in [1.54, 1.807) is 16.7 Å². The molecule has 0 spiro atoms. The van der Waals surface area contributed by atoms with E-state index in [0.717, 1.165) is 5.92 Å². The van der Waals surface area contributed by atoms with Crippen LogP contribution in [0.5, 0.6) is 0 Å². The summed E-state index contributed by atoms with van der Waals surface area (Å²) in [4.78, 5) is 0. The lowest BCUT2D eigenvalue weighted by atomic mass is 9.97. The van der Waals surface area contributed by atoms with Crippen LogP contribution in [0.2, 0.25) is 0 Å². The third-order valence-corrected chi connectivity index (χ3v) is 2.58. The first-order valence-electron chi connectivity index (χ1n) is 4.18. The largest absolute Gasteiger partial charge is 0.0655 e. The van der Waals surface area contributed by atoms with Gasteiger partial charge in [-0.1, -0.05) is 31.1 Å². The second-order valence-electron chi connectivity index (χ2n) is 3.69. The Morgan fingerprint density at radius 3 is 2.40 bits per heavy atom. The third-order valence-electron chi connectivity index (χ3n) is 2.58. The highest BCUT2D eigenvalue weighted by molar-refractivity contribution is 5.44. The van der Waals surface area contributed by atoms with Crippen molar-refractivity contribution in [2.45, 2.75) is 33.1 Å². The van der Waals surface area contributed by atoms with Crippen LogP contribution in [0.25, 0.3) is 0 Å². The highest BCUT2D eigenvalue weighted by atomic mass is 14.3. The molecule has 0 heterocycles. The van der Waals surface area contributed by atoms with Crippen molar-refractivity contribution in [2.24, 2.45) is 5.92 Å². The molecule has 0 atom stereocenters. The average Bonchev–Trinajstić information content (AvgIpc) is 2.44. The van der Waals surface area contributed by atoms with Gasteiger partial charge in [0.15, 0.2) is 0 Å². The molecule has 0 aliphatic heterocycles. The molecule has 0 amide bonds. The SMILES string of the molecule is CC(C)C1=C2CCC(=C1)C2. The molecule has 54 valence electrons. The molecule has 0 N–H and O–H groups in total. The minimum absolute atomic E-state index is 0.757. The lowest BCUT2D eigenvalue weighted by Crippen LogP contribution is -1.93. The number of hydrogen-bond donors (Lipinski definition) is 0. The maximum Gasteiger partial charge on any atom is -0.00991 e. The van der Waals surface area contributed by atoms with Crippen LogP contribution in [0.3, 0.4) is 0 Å². The van der Waals surface area contributed by atoms with E-state index in [1.165, 1.54) is 19.3 Å². The minimum atomic E-state index is 0.757. The summed E-state index contributed by atoms with van der Waals surface area (Å²) in [6.07, 6.45) is 6.45. The number of hydrogen-bond acceptors (Lipinski definition) is 0. The molecule has 1 fully saturated rings. The topological polar surface area (TPSA) is 0 Å². The first kappa shape index (κ1) is 6.21. The molecule has 2 aliphatic carbocycles. The van der Waals surface area contributed by atoms with Crippen LogP contribution in [-0.4, -0.2) is 0 Å². The first-order valence-corrected chi connectivity index (χ1v) is 4.18. The Labute approximate surface area is 62.6 Å². The predicted octanol–water partition coefficient (Wildman–Crippen LogP) is 3.06. The monoisotopic (exact) mass is 134 g/mol. The van der Waals surface area contributed by atoms with Gasteiger partial charge in [-0.25, -0.2) is 0 Å². The Bertz CT molecular complexity index is 216. The zero-order valence-electron chi connectivity index (χ0n) is 6.78. The van der Waals surface area contributed by atoms with Gasteiger partial charge in [0.1, 0.15) is 0 Å². The van der Waals surface area contributed by atoms with Crippen LogP contribution < -0.4 is 0 Å². The quantitative estimate of drug-likeness (QED) is 0.517. The smallest absolute Gasteiger partial charge is 0.00991 e. The van der Waals surface area contributed by atoms with Gasteiger partial charge in [-0.15, -0.1) is 0 Å². The van der Waals surface area contributed by atoms with Crippen molar-refractivity contribution in [3.63, 3.8) is 0 Å². The molecule has 0 unspecified atom stereocenters. The molecule has 2 aliphatic rings. The highest BCUT2D eigenvalue weighted by Crippen LogP contribution is 2.41. The average molecular weight is 134 g/mol. The Morgan fingerprint density at radius 2 is 2.10 bits per heavy atom. The van der Waals surface area contributed by atoms with Crippen molar-refractivity contribution in [1.29, 1.82) is 0 Å². The van der Waals surface area contributed by atoms with E-state index in [9.17, 15) is 0 Å². The molecule has 0 nitrogen and oxygen atoms in total. The summed E-state index contributed by atoms with van der Waals surface area (Å²) < 4.78 is 0. The summed E-state index contributed by atoms with van der Waals surface area (Å²) in [5, 5.41) is 0. The van der Waals surface area contributed by atoms with E-state index in [1.807, 2.05) is 0 Å². The lowest BCUT2D eigenvalue weighted by molar-refractivity contribution is 0.770. The van der Waals surface area contributed by atoms with Crippen LogP contribution in [-0.2, 0) is 0 Å². The molecule has 2 bridgehead atoms. The normalized spacial score (nSPS) is 22.9. The van der Waals surface area contributed by atoms with Crippen molar-refractivity contribution in [3.8, 4) is 0 Å². The standard InChI is InChI=1S/C10H14/c1-7(2)10-6-8-3-4-9(10)5-8/h6-7H,3-5H2,1-2H3. The van der Waals surface area contributed by atoms with Gasteiger partial charge < -0.3 is 0 Å². The number of rotatable bonds is 1. The molecule has 2 rings (SSSR count). The van der Waals surface area contributed by atoms with Crippen molar-refractivity contribution in [1.82, 2.24) is 0 Å². The molecule has 0 radical (unpaired) electrons. The van der Waals surface area contributed by atoms with Gasteiger partial charge in [-0.3, -0.25) is 0 Å². The molecule has 0 aromatic rings. The maximum atomic E-state index is 2.42. The molecule has 0 aromatic heterocycles. The molecular weight excluding hydrogens is 120 g/mol. The van der Waals surface area contributed by atoms with Crippen molar-refractivity contribution < 1.29 is 0 Å². The summed E-state index contributed by atoms with van der Waals surface area (Å²) in [6, 6.07) is 0. The zero-order valence-corrected chi connectivity index (χ0v) is 6.78. The van der Waals surface area contributed by atoms with Crippen molar-refractivity contribution >= 4 is 0 Å². The van der Waals surface area contributed by atoms with Crippen LogP contribution in [0, 0.1) is 5.92 Å². The van der Waals surface area contributed by atoms with Crippen LogP contribution in [0.1, 0.15) is 33.1 Å². The van der Waals surface area contributed by atoms with Gasteiger partial charge in [-0.05, 0) is 30.8 Å². The second kappa shape index (κ2) is 1.98. The zero-order chi connectivity index (χ0) is 7.14. The number of allylic oxidation sites excluding steroid dienone is 4. The van der Waals surface area contributed by atoms with E-state index in [0.29, 0.717) is 0 Å². The van der Waals surface area contributed by atoms with E-state index in [2.05, 4.69) is 19.9 Å². The second-order valence-corrected chi connectivity index (χ2v) is 3.69. The van der Waals surface area contributed by atoms with Gasteiger partial charge in [0.2, 0.25) is 0 Å². The Kier molecular flexibility index (Phi) is 1.23. The Hall–Kier alpha value is -0.520. The number of fused-ring (bicyclic) bond motifs is 2. The van der Waals surface area contributed by atoms with Gasteiger partial charge in [0.05, 0.1) is 0 Å². The van der Waals surface area contributed by atoms with Crippen LogP contribution >= 0.6 is 0 Å². The van der Waals surface area contributed by atoms with Crippen molar-refractivity contribution in [3.05, 3.63) is 22.8 Å². The summed E-state index contributed by atoms with van der Waals surface area (Å²) in [5.41, 5.74) is 5.05. The van der Waals surface area contributed by atoms with E-state index in [-0.39, 0.29) is 0 Å². The summed E-state index contributed by atoms with van der Waals surface area (Å²) in [6.45, 7) is 4.58. The molecule has 1 saturated carbocycles. The molecule has 0 heteroatoms. The van der Waals surface area contributed by atoms with E-state index < -0.39 is 0 Å². The first-order chi connectivity index (χ1) is 4.77. The highest BCUT2D eigenvalue weighted by Gasteiger charge is 2.23. The molecule has 0 aromatic carbocycles. The van der Waals surface area contributed by atoms with E-state index in [4.69, 9.17) is 0 Å². The Morgan fingerprint density at radius 1 is 1.30 bits per heavy atom. The molecular formula is C10H14. The van der Waals surface area contributed by atoms with Crippen LogP contribution in [0.4, 0.5) is 0 Å². The molecule has 10 heavy (non-hydrogen) atoms. The summed E-state index contributed by atoms with van der Waals surface area (Å²) >= 11 is 0. The van der Waals surface area contributed by atoms with Gasteiger partial charge in [0.25, 0.3) is 0 Å². The summed E-state index contributed by atoms with van der Waals surface area (Å²) in [5.74, 6) is 0.757. The van der Waals surface area contributed by atoms with Crippen LogP contribution in [0.15, 0.2) is 22.8 Å². The lowest BCUT2D eigenvalue weighted by Gasteiger charge is -2.09. The fourth-order valence-electron chi connectivity index (χ4n) is 2.03. The van der Waals surface area contributed by atoms with Gasteiger partial charge in [-0.2, -0.15) is 0 Å². The molecule has 0 saturated heterocycles. The van der Waals surface area contributed by atoms with E-state index >= 15 is 0 Å². The minimum Gasteiger partial charge on any atom is -0.0655 e. The van der Waals surface area contributed by atoms with Crippen molar-refractivity contribution in [2.75, 3.05) is 0 Å². The Balaban J connectivity index is 2.31. The van der Waals surface area contributed by atoms with Gasteiger partial charge >= 0.3 is 0 Å².